The van der Waals surface area contributed by atoms with Crippen molar-refractivity contribution < 1.29 is 14.1 Å². The number of carbonyl (C=O) groups excluding carboxylic acids is 1. The molecule has 0 aromatic heterocycles. The highest BCUT2D eigenvalue weighted by molar-refractivity contribution is 6.34. The summed E-state index contributed by atoms with van der Waals surface area (Å²) in [5.41, 5.74) is 0.885. The summed E-state index contributed by atoms with van der Waals surface area (Å²) >= 11 is 5.87. The van der Waals surface area contributed by atoms with Gasteiger partial charge in [0.2, 0.25) is 0 Å². The summed E-state index contributed by atoms with van der Waals surface area (Å²) in [5, 5.41) is 13.3. The number of nitro benzene ring substituents is 1. The second-order valence-electron chi connectivity index (χ2n) is 4.55. The number of benzene rings is 2. The maximum Gasteiger partial charge on any atom is 0.270 e. The summed E-state index contributed by atoms with van der Waals surface area (Å²) in [5.74, 6) is -0.729. The number of rotatable bonds is 5. The molecule has 2 aromatic rings. The highest BCUT2D eigenvalue weighted by atomic mass is 35.5. The summed E-state index contributed by atoms with van der Waals surface area (Å²) in [6, 6.07) is 9.65. The molecule has 0 aliphatic rings. The summed E-state index contributed by atoms with van der Waals surface area (Å²) in [4.78, 5) is 22.0. The number of nitrogens with one attached hydrogen (secondary N) is 1. The van der Waals surface area contributed by atoms with Crippen molar-refractivity contribution >= 4 is 23.2 Å². The van der Waals surface area contributed by atoms with Crippen LogP contribution in [0.3, 0.4) is 0 Å². The summed E-state index contributed by atoms with van der Waals surface area (Å²) in [6.07, 6.45) is 0.538. The number of halogens is 2. The van der Waals surface area contributed by atoms with Crippen LogP contribution in [0.2, 0.25) is 5.02 Å². The first-order chi connectivity index (χ1) is 10.5. The van der Waals surface area contributed by atoms with Crippen LogP contribution in [0.4, 0.5) is 10.1 Å². The van der Waals surface area contributed by atoms with E-state index in [4.69, 9.17) is 11.6 Å². The standard InChI is InChI=1S/C15H12ClFN2O3/c16-14-9-12(19(21)22)5-6-13(14)15(20)18-8-7-10-1-3-11(17)4-2-10/h1-6,9H,7-8H2,(H,18,20). The Morgan fingerprint density at radius 2 is 1.91 bits per heavy atom. The van der Waals surface area contributed by atoms with Gasteiger partial charge in [-0.2, -0.15) is 0 Å². The zero-order valence-corrected chi connectivity index (χ0v) is 12.1. The second kappa shape index (κ2) is 7.00. The molecule has 2 aromatic carbocycles. The molecule has 7 heteroatoms. The number of non-ortho nitro benzene ring substituents is 1. The van der Waals surface area contributed by atoms with Gasteiger partial charge in [-0.15, -0.1) is 0 Å². The van der Waals surface area contributed by atoms with E-state index < -0.39 is 10.8 Å². The first-order valence-electron chi connectivity index (χ1n) is 6.44. The molecule has 1 N–H and O–H groups in total. The highest BCUT2D eigenvalue weighted by Gasteiger charge is 2.14. The molecule has 2 rings (SSSR count). The van der Waals surface area contributed by atoms with E-state index in [1.165, 1.54) is 24.3 Å². The van der Waals surface area contributed by atoms with Crippen molar-refractivity contribution in [3.05, 3.63) is 74.5 Å². The first-order valence-corrected chi connectivity index (χ1v) is 6.82. The van der Waals surface area contributed by atoms with E-state index in [1.54, 1.807) is 12.1 Å². The van der Waals surface area contributed by atoms with Crippen LogP contribution in [0.25, 0.3) is 0 Å². The zero-order valence-electron chi connectivity index (χ0n) is 11.4. The Morgan fingerprint density at radius 1 is 1.23 bits per heavy atom. The molecule has 0 aliphatic heterocycles. The second-order valence-corrected chi connectivity index (χ2v) is 4.96. The maximum atomic E-state index is 12.8. The van der Waals surface area contributed by atoms with Gasteiger partial charge in [0.25, 0.3) is 11.6 Å². The topological polar surface area (TPSA) is 72.2 Å². The SMILES string of the molecule is O=C(NCCc1ccc(F)cc1)c1ccc([N+](=O)[O-])cc1Cl. The third-order valence-corrected chi connectivity index (χ3v) is 3.33. The third kappa shape index (κ3) is 4.02. The predicted octanol–water partition coefficient (Wildman–Crippen LogP) is 3.36. The van der Waals surface area contributed by atoms with E-state index in [0.717, 1.165) is 11.6 Å². The molecule has 22 heavy (non-hydrogen) atoms. The van der Waals surface area contributed by atoms with E-state index in [-0.39, 0.29) is 22.1 Å². The van der Waals surface area contributed by atoms with Gasteiger partial charge < -0.3 is 5.32 Å². The number of nitro groups is 1. The fourth-order valence-corrected chi connectivity index (χ4v) is 2.13. The smallest absolute Gasteiger partial charge is 0.270 e. The molecule has 0 unspecified atom stereocenters. The maximum absolute atomic E-state index is 12.8. The van der Waals surface area contributed by atoms with Gasteiger partial charge in [0, 0.05) is 18.7 Å². The van der Waals surface area contributed by atoms with Gasteiger partial charge in [-0.3, -0.25) is 14.9 Å². The van der Waals surface area contributed by atoms with Gasteiger partial charge in [0.05, 0.1) is 15.5 Å². The lowest BCUT2D eigenvalue weighted by Gasteiger charge is -2.07. The molecule has 114 valence electrons. The van der Waals surface area contributed by atoms with Crippen LogP contribution in [0.1, 0.15) is 15.9 Å². The fourth-order valence-electron chi connectivity index (χ4n) is 1.87. The molecule has 0 aliphatic carbocycles. The average Bonchev–Trinajstić information content (AvgIpc) is 2.49. The number of amides is 1. The molecular formula is C15H12ClFN2O3. The summed E-state index contributed by atoms with van der Waals surface area (Å²) < 4.78 is 12.8. The molecule has 0 saturated heterocycles. The lowest BCUT2D eigenvalue weighted by molar-refractivity contribution is -0.384. The monoisotopic (exact) mass is 322 g/mol. The predicted molar refractivity (Wildman–Crippen MR) is 80.5 cm³/mol. The lowest BCUT2D eigenvalue weighted by Crippen LogP contribution is -2.26. The Labute approximate surface area is 130 Å². The van der Waals surface area contributed by atoms with Gasteiger partial charge in [-0.05, 0) is 30.2 Å². The minimum Gasteiger partial charge on any atom is -0.352 e. The van der Waals surface area contributed by atoms with Crippen LogP contribution >= 0.6 is 11.6 Å². The number of hydrogen-bond donors (Lipinski definition) is 1. The molecule has 0 radical (unpaired) electrons. The summed E-state index contributed by atoms with van der Waals surface area (Å²) in [7, 11) is 0. The fraction of sp³-hybridized carbons (Fsp3) is 0.133. The lowest BCUT2D eigenvalue weighted by atomic mass is 10.1. The minimum absolute atomic E-state index is 0.0217. The molecular weight excluding hydrogens is 311 g/mol. The third-order valence-electron chi connectivity index (χ3n) is 3.02. The number of hydrogen-bond acceptors (Lipinski definition) is 3. The van der Waals surface area contributed by atoms with Crippen LogP contribution < -0.4 is 5.32 Å². The van der Waals surface area contributed by atoms with Crippen molar-refractivity contribution in [3.8, 4) is 0 Å². The van der Waals surface area contributed by atoms with Gasteiger partial charge in [0.15, 0.2) is 0 Å². The van der Waals surface area contributed by atoms with Crippen molar-refractivity contribution in [2.24, 2.45) is 0 Å². The van der Waals surface area contributed by atoms with Gasteiger partial charge >= 0.3 is 0 Å². The molecule has 0 fully saturated rings. The average molecular weight is 323 g/mol. The first kappa shape index (κ1) is 15.9. The largest absolute Gasteiger partial charge is 0.352 e. The Kier molecular flexibility index (Phi) is 5.06. The Hall–Kier alpha value is -2.47. The summed E-state index contributed by atoms with van der Waals surface area (Å²) in [6.45, 7) is 0.345. The molecule has 0 spiro atoms. The Bertz CT molecular complexity index is 704. The van der Waals surface area contributed by atoms with E-state index in [1.807, 2.05) is 0 Å². The van der Waals surface area contributed by atoms with Gasteiger partial charge in [-0.1, -0.05) is 23.7 Å². The Morgan fingerprint density at radius 3 is 2.50 bits per heavy atom. The quantitative estimate of drug-likeness (QED) is 0.677. The van der Waals surface area contributed by atoms with Crippen molar-refractivity contribution in [2.75, 3.05) is 6.54 Å². The van der Waals surface area contributed by atoms with Gasteiger partial charge in [-0.25, -0.2) is 4.39 Å². The van der Waals surface area contributed by atoms with Gasteiger partial charge in [0.1, 0.15) is 5.82 Å². The van der Waals surface area contributed by atoms with Crippen LogP contribution in [0, 0.1) is 15.9 Å². The molecule has 0 saturated carbocycles. The molecule has 0 heterocycles. The van der Waals surface area contributed by atoms with Crippen LogP contribution in [-0.4, -0.2) is 17.4 Å². The number of carbonyl (C=O) groups is 1. The molecule has 1 amide bonds. The van der Waals surface area contributed by atoms with Crippen LogP contribution in [-0.2, 0) is 6.42 Å². The molecule has 0 bridgehead atoms. The van der Waals surface area contributed by atoms with Crippen molar-refractivity contribution in [2.45, 2.75) is 6.42 Å². The van der Waals surface area contributed by atoms with Crippen LogP contribution in [0.5, 0.6) is 0 Å². The molecule has 5 nitrogen and oxygen atoms in total. The van der Waals surface area contributed by atoms with E-state index >= 15 is 0 Å². The van der Waals surface area contributed by atoms with E-state index in [0.29, 0.717) is 13.0 Å². The highest BCUT2D eigenvalue weighted by Crippen LogP contribution is 2.22. The van der Waals surface area contributed by atoms with E-state index in [2.05, 4.69) is 5.32 Å². The van der Waals surface area contributed by atoms with Crippen molar-refractivity contribution in [3.63, 3.8) is 0 Å². The Balaban J connectivity index is 1.95. The van der Waals surface area contributed by atoms with Crippen LogP contribution in [0.15, 0.2) is 42.5 Å². The normalized spacial score (nSPS) is 10.3. The molecule has 0 atom stereocenters. The van der Waals surface area contributed by atoms with Crippen molar-refractivity contribution in [1.29, 1.82) is 0 Å². The minimum atomic E-state index is -0.581. The number of nitrogens with zero attached hydrogens (tertiary/aromatic N) is 1. The van der Waals surface area contributed by atoms with E-state index in [9.17, 15) is 19.3 Å². The zero-order chi connectivity index (χ0) is 16.1. The van der Waals surface area contributed by atoms with Crippen molar-refractivity contribution in [1.82, 2.24) is 5.32 Å².